The van der Waals surface area contributed by atoms with Gasteiger partial charge in [0.15, 0.2) is 12.4 Å². The molecular formula is C24H34O6. The van der Waals surface area contributed by atoms with Crippen molar-refractivity contribution in [3.05, 3.63) is 11.6 Å². The summed E-state index contributed by atoms with van der Waals surface area (Å²) in [5.74, 6) is -0.798. The van der Waals surface area contributed by atoms with E-state index in [2.05, 4.69) is 6.92 Å². The van der Waals surface area contributed by atoms with Crippen LogP contribution < -0.4 is 0 Å². The van der Waals surface area contributed by atoms with E-state index in [1.807, 2.05) is 13.8 Å². The number of rotatable bonds is 3. The SMILES string of the molecule is CC(=O)OCC(=O)[C@@]1(O)[C@@H](C)C[C@@H]2[C@@H]3CCC4=CC(=O)CC[C@]4(C)[C@@H]3[C@@H](O)C[C@]21C. The van der Waals surface area contributed by atoms with E-state index in [0.29, 0.717) is 19.3 Å². The van der Waals surface area contributed by atoms with Crippen molar-refractivity contribution in [2.45, 2.75) is 77.9 Å². The molecule has 0 aromatic rings. The summed E-state index contributed by atoms with van der Waals surface area (Å²) in [6.07, 6.45) is 5.15. The van der Waals surface area contributed by atoms with Gasteiger partial charge in [-0.15, -0.1) is 0 Å². The van der Waals surface area contributed by atoms with Crippen molar-refractivity contribution >= 4 is 17.5 Å². The van der Waals surface area contributed by atoms with Gasteiger partial charge in [0.2, 0.25) is 5.78 Å². The quantitative estimate of drug-likeness (QED) is 0.683. The minimum atomic E-state index is -1.63. The van der Waals surface area contributed by atoms with Crippen LogP contribution in [0.3, 0.4) is 0 Å². The Morgan fingerprint density at radius 1 is 1.27 bits per heavy atom. The van der Waals surface area contributed by atoms with E-state index in [1.165, 1.54) is 6.92 Å². The monoisotopic (exact) mass is 418 g/mol. The van der Waals surface area contributed by atoms with Gasteiger partial charge in [0.05, 0.1) is 6.10 Å². The maximum atomic E-state index is 13.1. The lowest BCUT2D eigenvalue weighted by atomic mass is 9.45. The Morgan fingerprint density at radius 2 is 1.97 bits per heavy atom. The molecule has 0 aromatic heterocycles. The van der Waals surface area contributed by atoms with Crippen molar-refractivity contribution in [3.63, 3.8) is 0 Å². The summed E-state index contributed by atoms with van der Waals surface area (Å²) in [6.45, 7) is 6.83. The number of Topliss-reactive ketones (excluding diaryl/α,β-unsaturated/α-hetero) is 1. The molecule has 6 nitrogen and oxygen atoms in total. The van der Waals surface area contributed by atoms with Crippen molar-refractivity contribution in [2.75, 3.05) is 6.61 Å². The highest BCUT2D eigenvalue weighted by Gasteiger charge is 2.70. The minimum absolute atomic E-state index is 0.0294. The summed E-state index contributed by atoms with van der Waals surface area (Å²) in [4.78, 5) is 36.3. The van der Waals surface area contributed by atoms with Crippen LogP contribution in [0.1, 0.15) is 66.2 Å². The van der Waals surface area contributed by atoms with Crippen LogP contribution in [-0.4, -0.2) is 46.1 Å². The van der Waals surface area contributed by atoms with Crippen LogP contribution in [0, 0.1) is 34.5 Å². The van der Waals surface area contributed by atoms with Crippen LogP contribution in [0.4, 0.5) is 0 Å². The second-order valence-electron chi connectivity index (χ2n) is 10.7. The Bertz CT molecular complexity index is 817. The number of fused-ring (bicyclic) bond motifs is 5. The van der Waals surface area contributed by atoms with Gasteiger partial charge in [0.1, 0.15) is 5.60 Å². The number of carbonyl (C=O) groups is 3. The first-order valence-corrected chi connectivity index (χ1v) is 11.3. The molecule has 8 atom stereocenters. The average molecular weight is 419 g/mol. The highest BCUT2D eigenvalue weighted by Crippen LogP contribution is 2.68. The van der Waals surface area contributed by atoms with Gasteiger partial charge in [-0.3, -0.25) is 14.4 Å². The fraction of sp³-hybridized carbons (Fsp3) is 0.792. The van der Waals surface area contributed by atoms with Crippen LogP contribution in [0.2, 0.25) is 0 Å². The molecular weight excluding hydrogens is 384 g/mol. The molecule has 4 aliphatic carbocycles. The van der Waals surface area contributed by atoms with Crippen LogP contribution in [-0.2, 0) is 19.1 Å². The van der Waals surface area contributed by atoms with Crippen LogP contribution in [0.15, 0.2) is 11.6 Å². The molecule has 2 N–H and O–H groups in total. The average Bonchev–Trinajstić information content (AvgIpc) is 2.87. The molecule has 3 fully saturated rings. The van der Waals surface area contributed by atoms with E-state index in [4.69, 9.17) is 4.74 Å². The Balaban J connectivity index is 1.69. The van der Waals surface area contributed by atoms with E-state index in [9.17, 15) is 24.6 Å². The van der Waals surface area contributed by atoms with Crippen LogP contribution in [0.5, 0.6) is 0 Å². The first-order valence-electron chi connectivity index (χ1n) is 11.3. The molecule has 0 unspecified atom stereocenters. The fourth-order valence-corrected chi connectivity index (χ4v) is 7.89. The van der Waals surface area contributed by atoms with Gasteiger partial charge in [0, 0.05) is 18.8 Å². The lowest BCUT2D eigenvalue weighted by molar-refractivity contribution is -0.188. The standard InChI is InChI=1S/C24H34O6/c1-13-9-18-17-6-5-15-10-16(26)7-8-22(15,3)21(17)19(27)11-23(18,4)24(13,29)20(28)12-30-14(2)25/h10,13,17-19,21,27,29H,5-9,11-12H2,1-4H3/t13-,17-,18+,19-,21-,22-,23+,24-/m0/s1. The summed E-state index contributed by atoms with van der Waals surface area (Å²) >= 11 is 0. The summed E-state index contributed by atoms with van der Waals surface area (Å²) in [7, 11) is 0. The van der Waals surface area contributed by atoms with E-state index in [-0.39, 0.29) is 34.9 Å². The number of carbonyl (C=O) groups excluding carboxylic acids is 3. The third-order valence-electron chi connectivity index (χ3n) is 9.31. The molecule has 166 valence electrons. The molecule has 4 rings (SSSR count). The number of hydrogen-bond donors (Lipinski definition) is 2. The summed E-state index contributed by atoms with van der Waals surface area (Å²) in [5, 5.41) is 23.1. The lowest BCUT2D eigenvalue weighted by Crippen LogP contribution is -2.63. The molecule has 0 spiro atoms. The molecule has 0 aromatic carbocycles. The third kappa shape index (κ3) is 2.79. The summed E-state index contributed by atoms with van der Waals surface area (Å²) < 4.78 is 4.93. The third-order valence-corrected chi connectivity index (χ3v) is 9.31. The highest BCUT2D eigenvalue weighted by molar-refractivity contribution is 5.92. The fourth-order valence-electron chi connectivity index (χ4n) is 7.89. The Labute approximate surface area is 178 Å². The molecule has 0 bridgehead atoms. The van der Waals surface area contributed by atoms with E-state index >= 15 is 0 Å². The Kier molecular flexibility index (Phi) is 5.06. The first kappa shape index (κ1) is 21.7. The molecule has 30 heavy (non-hydrogen) atoms. The van der Waals surface area contributed by atoms with Gasteiger partial charge in [-0.25, -0.2) is 0 Å². The van der Waals surface area contributed by atoms with Gasteiger partial charge in [-0.1, -0.05) is 26.3 Å². The summed E-state index contributed by atoms with van der Waals surface area (Å²) in [6, 6.07) is 0. The highest BCUT2D eigenvalue weighted by atomic mass is 16.5. The van der Waals surface area contributed by atoms with Crippen molar-refractivity contribution in [3.8, 4) is 0 Å². The molecule has 0 saturated heterocycles. The molecule has 0 aliphatic heterocycles. The number of hydrogen-bond acceptors (Lipinski definition) is 6. The van der Waals surface area contributed by atoms with Gasteiger partial charge in [-0.05, 0) is 67.3 Å². The predicted molar refractivity (Wildman–Crippen MR) is 109 cm³/mol. The van der Waals surface area contributed by atoms with Crippen molar-refractivity contribution < 1.29 is 29.3 Å². The zero-order valence-electron chi connectivity index (χ0n) is 18.4. The second-order valence-corrected chi connectivity index (χ2v) is 10.7. The van der Waals surface area contributed by atoms with Crippen molar-refractivity contribution in [1.82, 2.24) is 0 Å². The lowest BCUT2D eigenvalue weighted by Gasteiger charge is -2.60. The number of esters is 1. The topological polar surface area (TPSA) is 101 Å². The number of ether oxygens (including phenoxy) is 1. The van der Waals surface area contributed by atoms with Gasteiger partial charge in [0.25, 0.3) is 0 Å². The molecule has 0 heterocycles. The first-order chi connectivity index (χ1) is 13.9. The maximum Gasteiger partial charge on any atom is 0.303 e. The number of ketones is 2. The van der Waals surface area contributed by atoms with Crippen molar-refractivity contribution in [2.24, 2.45) is 34.5 Å². The molecule has 0 amide bonds. The summed E-state index contributed by atoms with van der Waals surface area (Å²) in [5.41, 5.74) is -1.44. The zero-order chi connectivity index (χ0) is 22.1. The maximum absolute atomic E-state index is 13.1. The predicted octanol–water partition coefficient (Wildman–Crippen LogP) is 2.60. The normalized spacial score (nSPS) is 47.6. The Hall–Kier alpha value is -1.53. The van der Waals surface area contributed by atoms with Crippen molar-refractivity contribution in [1.29, 1.82) is 0 Å². The molecule has 3 saturated carbocycles. The molecule has 6 heteroatoms. The van der Waals surface area contributed by atoms with E-state index in [1.54, 1.807) is 6.08 Å². The van der Waals surface area contributed by atoms with Gasteiger partial charge in [-0.2, -0.15) is 0 Å². The van der Waals surface area contributed by atoms with Gasteiger partial charge < -0.3 is 14.9 Å². The molecule has 4 aliphatic rings. The van der Waals surface area contributed by atoms with E-state index < -0.39 is 35.5 Å². The van der Waals surface area contributed by atoms with E-state index in [0.717, 1.165) is 24.8 Å². The smallest absolute Gasteiger partial charge is 0.303 e. The molecule has 0 radical (unpaired) electrons. The largest absolute Gasteiger partial charge is 0.458 e. The Morgan fingerprint density at radius 3 is 2.63 bits per heavy atom. The second kappa shape index (κ2) is 6.99. The van der Waals surface area contributed by atoms with Crippen LogP contribution in [0.25, 0.3) is 0 Å². The van der Waals surface area contributed by atoms with Crippen LogP contribution >= 0.6 is 0 Å². The number of aliphatic hydroxyl groups excluding tert-OH is 1. The number of aliphatic hydroxyl groups is 2. The zero-order valence-corrected chi connectivity index (χ0v) is 18.4. The van der Waals surface area contributed by atoms with Gasteiger partial charge >= 0.3 is 5.97 Å². The number of allylic oxidation sites excluding steroid dienone is 1. The minimum Gasteiger partial charge on any atom is -0.458 e.